The van der Waals surface area contributed by atoms with E-state index in [1.54, 1.807) is 6.07 Å². The maximum absolute atomic E-state index is 13.3. The molecule has 7 nitrogen and oxygen atoms in total. The second kappa shape index (κ2) is 7.55. The summed E-state index contributed by atoms with van der Waals surface area (Å²) in [6, 6.07) is 4.06. The second-order valence-electron chi connectivity index (χ2n) is 8.27. The molecule has 2 fully saturated rings. The summed E-state index contributed by atoms with van der Waals surface area (Å²) in [6.07, 6.45) is 2.37. The molecule has 0 aliphatic carbocycles. The van der Waals surface area contributed by atoms with Gasteiger partial charge in [0.2, 0.25) is 15.9 Å². The van der Waals surface area contributed by atoms with Gasteiger partial charge in [0.15, 0.2) is 11.5 Å². The number of hydrogen-bond acceptors (Lipinski definition) is 5. The van der Waals surface area contributed by atoms with Gasteiger partial charge in [0.1, 0.15) is 19.3 Å². The Hall–Kier alpha value is -1.80. The number of amides is 1. The maximum atomic E-state index is 13.3. The first-order valence-corrected chi connectivity index (χ1v) is 11.5. The van der Waals surface area contributed by atoms with Crippen molar-refractivity contribution in [2.75, 3.05) is 32.8 Å². The molecule has 3 heterocycles. The lowest BCUT2D eigenvalue weighted by Crippen LogP contribution is -2.51. The Labute approximate surface area is 166 Å². The highest BCUT2D eigenvalue weighted by atomic mass is 32.2. The van der Waals surface area contributed by atoms with E-state index >= 15 is 0 Å². The van der Waals surface area contributed by atoms with Crippen LogP contribution in [0.3, 0.4) is 0 Å². The summed E-state index contributed by atoms with van der Waals surface area (Å²) in [5.74, 6) is 1.81. The Bertz CT molecular complexity index is 846. The van der Waals surface area contributed by atoms with Crippen molar-refractivity contribution in [3.63, 3.8) is 0 Å². The lowest BCUT2D eigenvalue weighted by molar-refractivity contribution is -0.137. The lowest BCUT2D eigenvalue weighted by atomic mass is 9.91. The molecule has 0 bridgehead atoms. The van der Waals surface area contributed by atoms with Crippen molar-refractivity contribution in [3.05, 3.63) is 18.2 Å². The van der Waals surface area contributed by atoms with Crippen molar-refractivity contribution in [1.82, 2.24) is 9.21 Å². The summed E-state index contributed by atoms with van der Waals surface area (Å²) < 4.78 is 39.0. The van der Waals surface area contributed by atoms with E-state index in [1.165, 1.54) is 16.4 Å². The van der Waals surface area contributed by atoms with Crippen LogP contribution >= 0.6 is 0 Å². The predicted octanol–water partition coefficient (Wildman–Crippen LogP) is 2.12. The van der Waals surface area contributed by atoms with Gasteiger partial charge < -0.3 is 14.4 Å². The molecule has 0 radical (unpaired) electrons. The number of carbonyl (C=O) groups excluding carboxylic acids is 1. The Kier molecular flexibility index (Phi) is 5.26. The summed E-state index contributed by atoms with van der Waals surface area (Å²) in [6.45, 7) is 6.92. The molecule has 0 saturated carbocycles. The number of hydrogen-bond donors (Lipinski definition) is 0. The summed E-state index contributed by atoms with van der Waals surface area (Å²) in [5.41, 5.74) is 0. The summed E-state index contributed by atoms with van der Waals surface area (Å²) in [4.78, 5) is 15.2. The average Bonchev–Trinajstić information content (AvgIpc) is 3.17. The van der Waals surface area contributed by atoms with Crippen LogP contribution in [0.4, 0.5) is 0 Å². The van der Waals surface area contributed by atoms with Crippen molar-refractivity contribution >= 4 is 15.9 Å². The van der Waals surface area contributed by atoms with E-state index in [2.05, 4.69) is 13.8 Å². The first-order chi connectivity index (χ1) is 13.4. The number of piperidine rings is 1. The monoisotopic (exact) mass is 408 g/mol. The van der Waals surface area contributed by atoms with E-state index in [0.29, 0.717) is 69.0 Å². The first-order valence-electron chi connectivity index (χ1n) is 10.1. The van der Waals surface area contributed by atoms with Gasteiger partial charge in [0.05, 0.1) is 4.90 Å². The zero-order chi connectivity index (χ0) is 19.9. The first kappa shape index (κ1) is 19.5. The molecule has 2 saturated heterocycles. The van der Waals surface area contributed by atoms with Gasteiger partial charge in [0.25, 0.3) is 0 Å². The van der Waals surface area contributed by atoms with E-state index in [-0.39, 0.29) is 10.8 Å². The number of likely N-dealkylation sites (tertiary alicyclic amines) is 1. The summed E-state index contributed by atoms with van der Waals surface area (Å²) in [5, 5.41) is 0. The molecule has 0 aromatic heterocycles. The van der Waals surface area contributed by atoms with E-state index in [9.17, 15) is 13.2 Å². The van der Waals surface area contributed by atoms with E-state index in [4.69, 9.17) is 9.47 Å². The molecule has 3 atom stereocenters. The minimum Gasteiger partial charge on any atom is -0.486 e. The second-order valence-corrected chi connectivity index (χ2v) is 10.2. The Morgan fingerprint density at radius 2 is 1.75 bits per heavy atom. The number of ether oxygens (including phenoxy) is 2. The molecule has 154 valence electrons. The van der Waals surface area contributed by atoms with Crippen LogP contribution in [0, 0.1) is 11.8 Å². The minimum absolute atomic E-state index is 0.0583. The van der Waals surface area contributed by atoms with Gasteiger partial charge >= 0.3 is 0 Å². The zero-order valence-corrected chi connectivity index (χ0v) is 17.3. The van der Waals surface area contributed by atoms with Crippen LogP contribution in [0.2, 0.25) is 0 Å². The fraction of sp³-hybridized carbons (Fsp3) is 0.650. The molecule has 1 amide bonds. The van der Waals surface area contributed by atoms with Crippen molar-refractivity contribution in [1.29, 1.82) is 0 Å². The van der Waals surface area contributed by atoms with E-state index in [0.717, 1.165) is 6.42 Å². The van der Waals surface area contributed by atoms with Crippen LogP contribution in [0.15, 0.2) is 23.1 Å². The van der Waals surface area contributed by atoms with Crippen LogP contribution < -0.4 is 9.47 Å². The van der Waals surface area contributed by atoms with Crippen molar-refractivity contribution in [3.8, 4) is 11.5 Å². The Morgan fingerprint density at radius 1 is 1.07 bits per heavy atom. The quantitative estimate of drug-likeness (QED) is 0.766. The third-order valence-electron chi connectivity index (χ3n) is 5.79. The molecule has 0 spiro atoms. The summed E-state index contributed by atoms with van der Waals surface area (Å²) in [7, 11) is -3.78. The topological polar surface area (TPSA) is 76.2 Å². The smallest absolute Gasteiger partial charge is 0.243 e. The molecule has 3 unspecified atom stereocenters. The number of fused-ring (bicyclic) bond motifs is 1. The van der Waals surface area contributed by atoms with Gasteiger partial charge in [-0.2, -0.15) is 4.31 Å². The molecule has 3 aliphatic rings. The Morgan fingerprint density at radius 3 is 2.46 bits per heavy atom. The van der Waals surface area contributed by atoms with Crippen LogP contribution in [0.25, 0.3) is 0 Å². The highest BCUT2D eigenvalue weighted by Gasteiger charge is 2.42. The number of benzene rings is 1. The average molecular weight is 409 g/mol. The standard InChI is InChI=1S/C20H28N2O5S/c1-14-10-15(2)13-21(12-14)20(23)17-4-3-7-22(17)28(24,25)16-5-6-18-19(11-16)27-9-8-26-18/h5-6,11,14-15,17H,3-4,7-10,12-13H2,1-2H3. The van der Waals surface area contributed by atoms with Gasteiger partial charge in [0, 0.05) is 25.7 Å². The molecule has 1 aromatic rings. The highest BCUT2D eigenvalue weighted by molar-refractivity contribution is 7.89. The maximum Gasteiger partial charge on any atom is 0.243 e. The number of rotatable bonds is 3. The van der Waals surface area contributed by atoms with Crippen LogP contribution in [0.5, 0.6) is 11.5 Å². The molecule has 0 N–H and O–H groups in total. The summed E-state index contributed by atoms with van der Waals surface area (Å²) >= 11 is 0. The number of nitrogens with zero attached hydrogens (tertiary/aromatic N) is 2. The molecule has 4 rings (SSSR count). The molecule has 8 heteroatoms. The molecular weight excluding hydrogens is 380 g/mol. The molecule has 1 aromatic carbocycles. The Balaban J connectivity index is 1.57. The van der Waals surface area contributed by atoms with Crippen molar-refractivity contribution in [2.24, 2.45) is 11.8 Å². The highest BCUT2D eigenvalue weighted by Crippen LogP contribution is 2.35. The third-order valence-corrected chi connectivity index (χ3v) is 7.69. The van der Waals surface area contributed by atoms with Gasteiger partial charge in [-0.1, -0.05) is 13.8 Å². The van der Waals surface area contributed by atoms with Crippen LogP contribution in [-0.4, -0.2) is 62.4 Å². The van der Waals surface area contributed by atoms with Gasteiger partial charge in [-0.25, -0.2) is 8.42 Å². The fourth-order valence-electron chi connectivity index (χ4n) is 4.65. The zero-order valence-electron chi connectivity index (χ0n) is 16.5. The van der Waals surface area contributed by atoms with Crippen molar-refractivity contribution < 1.29 is 22.7 Å². The normalized spacial score (nSPS) is 28.4. The third kappa shape index (κ3) is 3.59. The SMILES string of the molecule is CC1CC(C)CN(C(=O)C2CCCN2S(=O)(=O)c2ccc3c(c2)OCCO3)C1. The van der Waals surface area contributed by atoms with E-state index < -0.39 is 16.1 Å². The lowest BCUT2D eigenvalue weighted by Gasteiger charge is -2.37. The van der Waals surface area contributed by atoms with Crippen molar-refractivity contribution in [2.45, 2.75) is 44.0 Å². The molecular formula is C20H28N2O5S. The predicted molar refractivity (Wildman–Crippen MR) is 104 cm³/mol. The number of carbonyl (C=O) groups is 1. The fourth-order valence-corrected chi connectivity index (χ4v) is 6.31. The number of sulfonamides is 1. The largest absolute Gasteiger partial charge is 0.486 e. The molecule has 3 aliphatic heterocycles. The van der Waals surface area contributed by atoms with Gasteiger partial charge in [-0.3, -0.25) is 4.79 Å². The van der Waals surface area contributed by atoms with Gasteiger partial charge in [-0.05, 0) is 43.2 Å². The van der Waals surface area contributed by atoms with Crippen LogP contribution in [-0.2, 0) is 14.8 Å². The van der Waals surface area contributed by atoms with E-state index in [1.807, 2.05) is 4.90 Å². The minimum atomic E-state index is -3.78. The van der Waals surface area contributed by atoms with Gasteiger partial charge in [-0.15, -0.1) is 0 Å². The molecule has 28 heavy (non-hydrogen) atoms. The van der Waals surface area contributed by atoms with Crippen LogP contribution in [0.1, 0.15) is 33.1 Å².